The number of aryl methyl sites for hydroxylation is 2. The second kappa shape index (κ2) is 7.17. The Hall–Kier alpha value is -2.25. The molecule has 1 aliphatic heterocycles. The fraction of sp³-hybridized carbons (Fsp3) is 0.368. The van der Waals surface area contributed by atoms with Crippen molar-refractivity contribution in [1.82, 2.24) is 4.72 Å². The Morgan fingerprint density at radius 2 is 1.77 bits per heavy atom. The van der Waals surface area contributed by atoms with Gasteiger partial charge >= 0.3 is 0 Å². The van der Waals surface area contributed by atoms with Crippen molar-refractivity contribution in [3.8, 4) is 17.2 Å². The standard InChI is InChI=1S/C19H21NO5S/c21-26(22,17-7-5-14-3-1-2-4-15(14)11-17)20-9-10-23-16-6-8-18-19(12-16)25-13-24-18/h5-8,11-12,20H,1-4,9-10,13H2. The summed E-state index contributed by atoms with van der Waals surface area (Å²) in [5.41, 5.74) is 2.41. The van der Waals surface area contributed by atoms with Crippen LogP contribution in [0.1, 0.15) is 24.0 Å². The third kappa shape index (κ3) is 3.64. The molecule has 1 aliphatic carbocycles. The maximum absolute atomic E-state index is 12.5. The van der Waals surface area contributed by atoms with E-state index >= 15 is 0 Å². The van der Waals surface area contributed by atoms with Gasteiger partial charge in [-0.2, -0.15) is 0 Å². The van der Waals surface area contributed by atoms with Gasteiger partial charge in [0.15, 0.2) is 11.5 Å². The first kappa shape index (κ1) is 17.2. The predicted molar refractivity (Wildman–Crippen MR) is 96.3 cm³/mol. The van der Waals surface area contributed by atoms with E-state index in [1.54, 1.807) is 30.3 Å². The van der Waals surface area contributed by atoms with E-state index in [1.165, 1.54) is 12.0 Å². The molecule has 6 nitrogen and oxygen atoms in total. The largest absolute Gasteiger partial charge is 0.492 e. The Morgan fingerprint density at radius 1 is 0.962 bits per heavy atom. The maximum atomic E-state index is 12.5. The Balaban J connectivity index is 1.33. The van der Waals surface area contributed by atoms with Gasteiger partial charge in [0, 0.05) is 12.6 Å². The van der Waals surface area contributed by atoms with Gasteiger partial charge in [-0.05, 0) is 61.1 Å². The molecular weight excluding hydrogens is 354 g/mol. The van der Waals surface area contributed by atoms with Crippen LogP contribution in [-0.4, -0.2) is 28.4 Å². The fourth-order valence-corrected chi connectivity index (χ4v) is 4.34. The van der Waals surface area contributed by atoms with Crippen molar-refractivity contribution >= 4 is 10.0 Å². The van der Waals surface area contributed by atoms with Crippen molar-refractivity contribution in [1.29, 1.82) is 0 Å². The van der Waals surface area contributed by atoms with Crippen LogP contribution in [0.4, 0.5) is 0 Å². The molecule has 26 heavy (non-hydrogen) atoms. The lowest BCUT2D eigenvalue weighted by Gasteiger charge is -2.16. The van der Waals surface area contributed by atoms with Crippen LogP contribution in [0.15, 0.2) is 41.3 Å². The van der Waals surface area contributed by atoms with E-state index in [0.717, 1.165) is 24.8 Å². The van der Waals surface area contributed by atoms with Gasteiger partial charge in [-0.3, -0.25) is 0 Å². The number of ether oxygens (including phenoxy) is 3. The van der Waals surface area contributed by atoms with Crippen LogP contribution >= 0.6 is 0 Å². The molecule has 0 radical (unpaired) electrons. The monoisotopic (exact) mass is 375 g/mol. The molecule has 0 bridgehead atoms. The number of rotatable bonds is 6. The Bertz CT molecular complexity index is 910. The number of sulfonamides is 1. The summed E-state index contributed by atoms with van der Waals surface area (Å²) < 4.78 is 43.7. The molecule has 4 rings (SSSR count). The smallest absolute Gasteiger partial charge is 0.240 e. The Labute approximate surface area is 153 Å². The van der Waals surface area contributed by atoms with E-state index in [-0.39, 0.29) is 19.9 Å². The predicted octanol–water partition coefficient (Wildman–Crippen LogP) is 2.65. The quantitative estimate of drug-likeness (QED) is 0.786. The zero-order valence-corrected chi connectivity index (χ0v) is 15.2. The summed E-state index contributed by atoms with van der Waals surface area (Å²) in [6, 6.07) is 10.7. The molecule has 0 unspecified atom stereocenters. The molecule has 1 heterocycles. The average Bonchev–Trinajstić information content (AvgIpc) is 3.13. The number of nitrogens with one attached hydrogen (secondary N) is 1. The van der Waals surface area contributed by atoms with Crippen LogP contribution in [0.25, 0.3) is 0 Å². The maximum Gasteiger partial charge on any atom is 0.240 e. The van der Waals surface area contributed by atoms with E-state index < -0.39 is 10.0 Å². The van der Waals surface area contributed by atoms with E-state index in [4.69, 9.17) is 14.2 Å². The molecule has 0 atom stereocenters. The lowest BCUT2D eigenvalue weighted by molar-refractivity contribution is 0.173. The van der Waals surface area contributed by atoms with Crippen LogP contribution < -0.4 is 18.9 Å². The van der Waals surface area contributed by atoms with Gasteiger partial charge < -0.3 is 14.2 Å². The number of fused-ring (bicyclic) bond motifs is 2. The molecule has 2 aliphatic rings. The van der Waals surface area contributed by atoms with Crippen molar-refractivity contribution in [2.75, 3.05) is 19.9 Å². The minimum atomic E-state index is -3.53. The number of benzene rings is 2. The first-order valence-electron chi connectivity index (χ1n) is 8.76. The van der Waals surface area contributed by atoms with Crippen LogP contribution in [0.3, 0.4) is 0 Å². The average molecular weight is 375 g/mol. The van der Waals surface area contributed by atoms with Gasteiger partial charge in [0.1, 0.15) is 12.4 Å². The highest BCUT2D eigenvalue weighted by atomic mass is 32.2. The molecule has 2 aromatic carbocycles. The first-order valence-corrected chi connectivity index (χ1v) is 10.2. The molecule has 2 aromatic rings. The van der Waals surface area contributed by atoms with Crippen LogP contribution in [0.2, 0.25) is 0 Å². The Kier molecular flexibility index (Phi) is 4.74. The molecule has 7 heteroatoms. The van der Waals surface area contributed by atoms with Gasteiger partial charge in [0.25, 0.3) is 0 Å². The number of hydrogen-bond donors (Lipinski definition) is 1. The normalized spacial score (nSPS) is 15.5. The van der Waals surface area contributed by atoms with Gasteiger partial charge in [-0.25, -0.2) is 13.1 Å². The second-order valence-electron chi connectivity index (χ2n) is 6.40. The van der Waals surface area contributed by atoms with Crippen molar-refractivity contribution < 1.29 is 22.6 Å². The summed E-state index contributed by atoms with van der Waals surface area (Å²) in [6.07, 6.45) is 4.28. The molecule has 1 N–H and O–H groups in total. The zero-order valence-electron chi connectivity index (χ0n) is 14.4. The fourth-order valence-electron chi connectivity index (χ4n) is 3.27. The van der Waals surface area contributed by atoms with E-state index in [2.05, 4.69) is 4.72 Å². The SMILES string of the molecule is O=S(=O)(NCCOc1ccc2c(c1)OCO2)c1ccc2c(c1)CCCC2. The molecule has 0 spiro atoms. The van der Waals surface area contributed by atoms with Crippen LogP contribution in [0, 0.1) is 0 Å². The van der Waals surface area contributed by atoms with Crippen LogP contribution in [-0.2, 0) is 22.9 Å². The highest BCUT2D eigenvalue weighted by Gasteiger charge is 2.18. The molecule has 0 fully saturated rings. The van der Waals surface area contributed by atoms with Crippen molar-refractivity contribution in [3.05, 3.63) is 47.5 Å². The second-order valence-corrected chi connectivity index (χ2v) is 8.17. The minimum Gasteiger partial charge on any atom is -0.492 e. The zero-order chi connectivity index (χ0) is 18.0. The highest BCUT2D eigenvalue weighted by Crippen LogP contribution is 2.35. The van der Waals surface area contributed by atoms with Crippen molar-refractivity contribution in [2.45, 2.75) is 30.6 Å². The molecule has 0 saturated heterocycles. The van der Waals surface area contributed by atoms with Gasteiger partial charge in [-0.1, -0.05) is 6.07 Å². The number of hydrogen-bond acceptors (Lipinski definition) is 5. The summed E-state index contributed by atoms with van der Waals surface area (Å²) in [4.78, 5) is 0.321. The lowest BCUT2D eigenvalue weighted by Crippen LogP contribution is -2.28. The van der Waals surface area contributed by atoms with Crippen molar-refractivity contribution in [3.63, 3.8) is 0 Å². The van der Waals surface area contributed by atoms with E-state index in [9.17, 15) is 8.42 Å². The molecule has 138 valence electrons. The summed E-state index contributed by atoms with van der Waals surface area (Å²) in [7, 11) is -3.53. The molecular formula is C19H21NO5S. The summed E-state index contributed by atoms with van der Waals surface area (Å²) >= 11 is 0. The summed E-state index contributed by atoms with van der Waals surface area (Å²) in [5.74, 6) is 1.94. The third-order valence-electron chi connectivity index (χ3n) is 4.64. The van der Waals surface area contributed by atoms with Gasteiger partial charge in [0.05, 0.1) is 4.90 Å². The summed E-state index contributed by atoms with van der Waals surface area (Å²) in [6.45, 7) is 0.622. The van der Waals surface area contributed by atoms with E-state index in [1.807, 2.05) is 6.07 Å². The summed E-state index contributed by atoms with van der Waals surface area (Å²) in [5, 5.41) is 0. The minimum absolute atomic E-state index is 0.188. The third-order valence-corrected chi connectivity index (χ3v) is 6.10. The molecule has 0 aromatic heterocycles. The Morgan fingerprint density at radius 3 is 2.65 bits per heavy atom. The highest BCUT2D eigenvalue weighted by molar-refractivity contribution is 7.89. The van der Waals surface area contributed by atoms with Crippen LogP contribution in [0.5, 0.6) is 17.2 Å². The van der Waals surface area contributed by atoms with Gasteiger partial charge in [-0.15, -0.1) is 0 Å². The first-order chi connectivity index (χ1) is 12.6. The van der Waals surface area contributed by atoms with Gasteiger partial charge in [0.2, 0.25) is 16.8 Å². The van der Waals surface area contributed by atoms with Crippen molar-refractivity contribution in [2.24, 2.45) is 0 Å². The molecule has 0 amide bonds. The van der Waals surface area contributed by atoms with E-state index in [0.29, 0.717) is 22.1 Å². The lowest BCUT2D eigenvalue weighted by atomic mass is 9.92. The topological polar surface area (TPSA) is 73.9 Å². The molecule has 0 saturated carbocycles.